The van der Waals surface area contributed by atoms with Gasteiger partial charge in [0, 0.05) is 12.2 Å². The molecule has 1 aromatic heterocycles. The van der Waals surface area contributed by atoms with Crippen molar-refractivity contribution in [3.63, 3.8) is 0 Å². The van der Waals surface area contributed by atoms with Crippen LogP contribution in [0.4, 0.5) is 10.7 Å². The second kappa shape index (κ2) is 5.59. The van der Waals surface area contributed by atoms with Gasteiger partial charge in [0.2, 0.25) is 11.8 Å². The summed E-state index contributed by atoms with van der Waals surface area (Å²) in [5.74, 6) is -0.978. The van der Waals surface area contributed by atoms with E-state index in [-0.39, 0.29) is 11.8 Å². The molecule has 0 radical (unpaired) electrons. The molecule has 2 atom stereocenters. The van der Waals surface area contributed by atoms with Gasteiger partial charge in [-0.25, -0.2) is 0 Å². The van der Waals surface area contributed by atoms with Gasteiger partial charge in [0.15, 0.2) is 0 Å². The maximum Gasteiger partial charge on any atom is 0.258 e. The first-order chi connectivity index (χ1) is 12.0. The van der Waals surface area contributed by atoms with Crippen LogP contribution >= 0.6 is 11.3 Å². The smallest absolute Gasteiger partial charge is 0.258 e. The van der Waals surface area contributed by atoms with Crippen molar-refractivity contribution in [3.05, 3.63) is 46.8 Å². The first-order valence-corrected chi connectivity index (χ1v) is 8.66. The fraction of sp³-hybridized carbons (Fsp3) is 0.235. The highest BCUT2D eigenvalue weighted by Gasteiger charge is 2.53. The number of carbonyl (C=O) groups excluding carboxylic acids is 3. The van der Waals surface area contributed by atoms with E-state index < -0.39 is 17.4 Å². The van der Waals surface area contributed by atoms with Gasteiger partial charge in [-0.1, -0.05) is 18.2 Å². The Morgan fingerprint density at radius 3 is 2.80 bits per heavy atom. The molecule has 1 saturated heterocycles. The van der Waals surface area contributed by atoms with E-state index in [2.05, 4.69) is 16.0 Å². The predicted molar refractivity (Wildman–Crippen MR) is 94.6 cm³/mol. The molecule has 4 rings (SSSR count). The Bertz CT molecular complexity index is 894. The molecule has 0 aliphatic carbocycles. The zero-order valence-electron chi connectivity index (χ0n) is 13.2. The Balaban J connectivity index is 1.52. The lowest BCUT2D eigenvalue weighted by molar-refractivity contribution is -0.125. The zero-order valence-corrected chi connectivity index (χ0v) is 14.0. The molecule has 25 heavy (non-hydrogen) atoms. The predicted octanol–water partition coefficient (Wildman–Crippen LogP) is 1.04. The van der Waals surface area contributed by atoms with E-state index >= 15 is 0 Å². The number of benzene rings is 1. The molecule has 2 aliphatic heterocycles. The maximum atomic E-state index is 12.6. The van der Waals surface area contributed by atoms with Crippen molar-refractivity contribution < 1.29 is 14.4 Å². The average molecular weight is 356 g/mol. The van der Waals surface area contributed by atoms with Crippen LogP contribution in [0.3, 0.4) is 0 Å². The van der Waals surface area contributed by atoms with E-state index in [0.717, 1.165) is 22.6 Å². The highest BCUT2D eigenvalue weighted by atomic mass is 32.1. The van der Waals surface area contributed by atoms with Gasteiger partial charge in [0.05, 0.1) is 15.3 Å². The highest BCUT2D eigenvalue weighted by Crippen LogP contribution is 2.43. The third-order valence-corrected chi connectivity index (χ3v) is 5.74. The van der Waals surface area contributed by atoms with Gasteiger partial charge in [-0.15, -0.1) is 11.3 Å². The van der Waals surface area contributed by atoms with Crippen LogP contribution in [-0.4, -0.2) is 30.3 Å². The minimum absolute atomic E-state index is 0.144. The Hall–Kier alpha value is -2.87. The van der Waals surface area contributed by atoms with Crippen LogP contribution in [0.5, 0.6) is 0 Å². The normalized spacial score (nSPS) is 23.8. The standard InChI is InChI=1S/C17H16N4O3S/c18-14(22)12-5-6-13(25-12)21-15(23)11-7-17(16(24)20-11)8-19-10-4-2-1-3-9(10)17/h1-6,11,19H,7-8H2,(H2,18,22)(H,20,24)(H,21,23). The minimum Gasteiger partial charge on any atom is -0.383 e. The van der Waals surface area contributed by atoms with E-state index in [4.69, 9.17) is 5.73 Å². The van der Waals surface area contributed by atoms with Crippen LogP contribution in [0, 0.1) is 0 Å². The second-order valence-electron chi connectivity index (χ2n) is 6.23. The van der Waals surface area contributed by atoms with Gasteiger partial charge in [0.25, 0.3) is 5.91 Å². The number of nitrogens with two attached hydrogens (primary N) is 1. The molecule has 7 nitrogen and oxygen atoms in total. The van der Waals surface area contributed by atoms with Gasteiger partial charge >= 0.3 is 0 Å². The molecule has 1 aromatic carbocycles. The molecule has 0 bridgehead atoms. The fourth-order valence-corrected chi connectivity index (χ4v) is 4.23. The highest BCUT2D eigenvalue weighted by molar-refractivity contribution is 7.18. The van der Waals surface area contributed by atoms with Crippen LogP contribution in [0.25, 0.3) is 0 Å². The van der Waals surface area contributed by atoms with E-state index in [1.54, 1.807) is 12.1 Å². The van der Waals surface area contributed by atoms with Crippen LogP contribution in [-0.2, 0) is 15.0 Å². The number of primary amides is 1. The van der Waals surface area contributed by atoms with E-state index in [9.17, 15) is 14.4 Å². The molecule has 1 fully saturated rings. The molecular formula is C17H16N4O3S. The van der Waals surface area contributed by atoms with Crippen LogP contribution in [0.1, 0.15) is 21.7 Å². The third-order valence-electron chi connectivity index (χ3n) is 4.73. The lowest BCUT2D eigenvalue weighted by Gasteiger charge is -2.19. The summed E-state index contributed by atoms with van der Waals surface area (Å²) in [4.78, 5) is 36.7. The SMILES string of the molecule is NC(=O)c1ccc(NC(=O)C2CC3(CNc4ccccc43)C(=O)N2)s1. The number of hydrogen-bond acceptors (Lipinski definition) is 5. The molecular weight excluding hydrogens is 340 g/mol. The van der Waals surface area contributed by atoms with Crippen molar-refractivity contribution in [1.29, 1.82) is 0 Å². The summed E-state index contributed by atoms with van der Waals surface area (Å²) in [5.41, 5.74) is 6.36. The van der Waals surface area contributed by atoms with Crippen LogP contribution in [0.2, 0.25) is 0 Å². The monoisotopic (exact) mass is 356 g/mol. The van der Waals surface area contributed by atoms with Crippen molar-refractivity contribution in [2.75, 3.05) is 17.2 Å². The maximum absolute atomic E-state index is 12.6. The second-order valence-corrected chi connectivity index (χ2v) is 7.31. The van der Waals surface area contributed by atoms with Crippen molar-refractivity contribution in [2.45, 2.75) is 17.9 Å². The quantitative estimate of drug-likeness (QED) is 0.658. The van der Waals surface area contributed by atoms with Crippen LogP contribution in [0.15, 0.2) is 36.4 Å². The number of amides is 3. The van der Waals surface area contributed by atoms with E-state index in [1.807, 2.05) is 24.3 Å². The number of rotatable bonds is 3. The summed E-state index contributed by atoms with van der Waals surface area (Å²) >= 11 is 1.11. The number of nitrogens with one attached hydrogen (secondary N) is 3. The molecule has 0 saturated carbocycles. The molecule has 2 aliphatic rings. The molecule has 2 unspecified atom stereocenters. The van der Waals surface area contributed by atoms with Gasteiger partial charge in [-0.05, 0) is 30.2 Å². The molecule has 1 spiro atoms. The molecule has 8 heteroatoms. The number of fused-ring (bicyclic) bond motifs is 2. The first kappa shape index (κ1) is 15.6. The summed E-state index contributed by atoms with van der Waals surface area (Å²) in [6.07, 6.45) is 0.385. The van der Waals surface area contributed by atoms with Gasteiger partial charge < -0.3 is 21.7 Å². The van der Waals surface area contributed by atoms with Gasteiger partial charge in [-0.3, -0.25) is 14.4 Å². The van der Waals surface area contributed by atoms with E-state index in [1.165, 1.54) is 0 Å². The average Bonchev–Trinajstić information content (AvgIpc) is 3.28. The topological polar surface area (TPSA) is 113 Å². The largest absolute Gasteiger partial charge is 0.383 e. The Morgan fingerprint density at radius 1 is 1.24 bits per heavy atom. The summed E-state index contributed by atoms with van der Waals surface area (Å²) in [6, 6.07) is 10.2. The summed E-state index contributed by atoms with van der Waals surface area (Å²) in [7, 11) is 0. The van der Waals surface area contributed by atoms with Crippen molar-refractivity contribution in [3.8, 4) is 0 Å². The summed E-state index contributed by atoms with van der Waals surface area (Å²) in [6.45, 7) is 0.479. The molecule has 2 aromatic rings. The molecule has 3 amide bonds. The Labute approximate surface area is 147 Å². The summed E-state index contributed by atoms with van der Waals surface area (Å²) in [5, 5.41) is 9.32. The fourth-order valence-electron chi connectivity index (χ4n) is 3.47. The number of anilines is 2. The van der Waals surface area contributed by atoms with Crippen molar-refractivity contribution in [1.82, 2.24) is 5.32 Å². The number of hydrogen-bond donors (Lipinski definition) is 4. The number of carbonyl (C=O) groups is 3. The van der Waals surface area contributed by atoms with E-state index in [0.29, 0.717) is 22.8 Å². The molecule has 5 N–H and O–H groups in total. The molecule has 128 valence electrons. The minimum atomic E-state index is -0.716. The van der Waals surface area contributed by atoms with Crippen LogP contribution < -0.4 is 21.7 Å². The van der Waals surface area contributed by atoms with Crippen molar-refractivity contribution >= 4 is 39.7 Å². The number of thiophene rings is 1. The van der Waals surface area contributed by atoms with Gasteiger partial charge in [-0.2, -0.15) is 0 Å². The Kier molecular flexibility index (Phi) is 3.50. The number of para-hydroxylation sites is 1. The van der Waals surface area contributed by atoms with Gasteiger partial charge in [0.1, 0.15) is 6.04 Å². The lowest BCUT2D eigenvalue weighted by Crippen LogP contribution is -2.39. The Morgan fingerprint density at radius 2 is 2.04 bits per heavy atom. The lowest BCUT2D eigenvalue weighted by atomic mass is 9.79. The summed E-state index contributed by atoms with van der Waals surface area (Å²) < 4.78 is 0. The molecule has 3 heterocycles. The third kappa shape index (κ3) is 2.45. The first-order valence-electron chi connectivity index (χ1n) is 7.84. The zero-order chi connectivity index (χ0) is 17.6. The van der Waals surface area contributed by atoms with Crippen molar-refractivity contribution in [2.24, 2.45) is 5.73 Å².